The van der Waals surface area contributed by atoms with E-state index in [1.807, 2.05) is 0 Å². The molecule has 0 spiro atoms. The van der Waals surface area contributed by atoms with Crippen LogP contribution in [0.1, 0.15) is 97.8 Å². The molecule has 0 unspecified atom stereocenters. The molecule has 33 heavy (non-hydrogen) atoms. The number of carbonyl (C=O) groups excluding carboxylic acids is 1. The highest BCUT2D eigenvalue weighted by Gasteiger charge is 2.49. The Labute approximate surface area is 204 Å². The minimum atomic E-state index is -2.37. The maximum atomic E-state index is 10.3. The molecule has 2 aromatic carbocycles. The van der Waals surface area contributed by atoms with Crippen LogP contribution in [0.2, 0.25) is 5.04 Å². The number of hydrogen-bond donors (Lipinski definition) is 0. The number of benzene rings is 2. The highest BCUT2D eigenvalue weighted by Crippen LogP contribution is 2.36. The molecule has 0 fully saturated rings. The van der Waals surface area contributed by atoms with Crippen LogP contribution in [-0.4, -0.2) is 21.2 Å². The second-order valence-electron chi connectivity index (χ2n) is 10.4. The first-order valence-corrected chi connectivity index (χ1v) is 15.1. The molecule has 0 N–H and O–H groups in total. The second-order valence-corrected chi connectivity index (χ2v) is 14.7. The largest absolute Gasteiger partial charge is 0.407 e. The van der Waals surface area contributed by atoms with Gasteiger partial charge in [0.1, 0.15) is 6.29 Å². The van der Waals surface area contributed by atoms with Crippen LogP contribution in [-0.2, 0) is 9.22 Å². The molecule has 0 radical (unpaired) electrons. The normalized spacial score (nSPS) is 12.1. The predicted octanol–water partition coefficient (Wildman–Crippen LogP) is 7.44. The van der Waals surface area contributed by atoms with Gasteiger partial charge in [-0.1, -0.05) is 139 Å². The maximum Gasteiger partial charge on any atom is 0.261 e. The molecular weight excluding hydrogens is 420 g/mol. The van der Waals surface area contributed by atoms with Crippen molar-refractivity contribution in [3.05, 3.63) is 60.7 Å². The van der Waals surface area contributed by atoms with Gasteiger partial charge in [-0.3, -0.25) is 0 Å². The van der Waals surface area contributed by atoms with Gasteiger partial charge in [-0.15, -0.1) is 0 Å². The lowest BCUT2D eigenvalue weighted by Gasteiger charge is -2.43. The van der Waals surface area contributed by atoms with Gasteiger partial charge in [0.25, 0.3) is 8.32 Å². The van der Waals surface area contributed by atoms with Crippen molar-refractivity contribution in [2.24, 2.45) is 0 Å². The summed E-state index contributed by atoms with van der Waals surface area (Å²) in [6.07, 6.45) is 15.8. The molecule has 0 aromatic heterocycles. The van der Waals surface area contributed by atoms with E-state index in [0.717, 1.165) is 32.2 Å². The van der Waals surface area contributed by atoms with Crippen molar-refractivity contribution in [2.45, 2.75) is 103 Å². The Hall–Kier alpha value is -1.71. The lowest BCUT2D eigenvalue weighted by Crippen LogP contribution is -2.66. The van der Waals surface area contributed by atoms with E-state index in [2.05, 4.69) is 81.4 Å². The van der Waals surface area contributed by atoms with Crippen molar-refractivity contribution in [3.8, 4) is 0 Å². The van der Waals surface area contributed by atoms with Crippen molar-refractivity contribution in [1.29, 1.82) is 0 Å². The third-order valence-electron chi connectivity index (χ3n) is 6.70. The Morgan fingerprint density at radius 3 is 1.42 bits per heavy atom. The fourth-order valence-electron chi connectivity index (χ4n) is 4.91. The van der Waals surface area contributed by atoms with Gasteiger partial charge in [0.05, 0.1) is 0 Å². The molecule has 3 heteroatoms. The molecule has 0 atom stereocenters. The Kier molecular flexibility index (Phi) is 12.7. The summed E-state index contributed by atoms with van der Waals surface area (Å²) >= 11 is 0. The highest BCUT2D eigenvalue weighted by molar-refractivity contribution is 6.99. The number of hydrogen-bond acceptors (Lipinski definition) is 2. The van der Waals surface area contributed by atoms with Crippen molar-refractivity contribution in [2.75, 3.05) is 6.61 Å². The van der Waals surface area contributed by atoms with Gasteiger partial charge in [0.2, 0.25) is 0 Å². The summed E-state index contributed by atoms with van der Waals surface area (Å²) in [6.45, 7) is 7.89. The number of aldehydes is 1. The first-order valence-electron chi connectivity index (χ1n) is 13.2. The Balaban J connectivity index is 1.78. The Morgan fingerprint density at radius 2 is 1.03 bits per heavy atom. The second kappa shape index (κ2) is 15.2. The number of rotatable bonds is 17. The number of unbranched alkanes of at least 4 members (excludes halogenated alkanes) is 11. The molecule has 0 saturated carbocycles. The first-order chi connectivity index (χ1) is 16.0. The molecule has 0 bridgehead atoms. The van der Waals surface area contributed by atoms with Crippen LogP contribution in [0.25, 0.3) is 0 Å². The van der Waals surface area contributed by atoms with Crippen LogP contribution in [0.4, 0.5) is 0 Å². The Morgan fingerprint density at radius 1 is 0.636 bits per heavy atom. The zero-order valence-electron chi connectivity index (χ0n) is 21.4. The average molecular weight is 467 g/mol. The fourth-order valence-corrected chi connectivity index (χ4v) is 9.51. The molecule has 0 heterocycles. The zero-order valence-corrected chi connectivity index (χ0v) is 22.4. The third-order valence-corrected chi connectivity index (χ3v) is 11.7. The summed E-state index contributed by atoms with van der Waals surface area (Å²) in [7, 11) is -2.37. The SMILES string of the molecule is CC(C)(C)[Si](OCCCCCCCCCCCCCC=O)(c1ccccc1)c1ccccc1. The van der Waals surface area contributed by atoms with E-state index >= 15 is 0 Å². The molecule has 2 rings (SSSR count). The van der Waals surface area contributed by atoms with Gasteiger partial charge in [0.15, 0.2) is 0 Å². The molecular formula is C30H46O2Si. The molecule has 2 aromatic rings. The van der Waals surface area contributed by atoms with Crippen LogP contribution in [0.5, 0.6) is 0 Å². The van der Waals surface area contributed by atoms with Gasteiger partial charge in [0, 0.05) is 13.0 Å². The van der Waals surface area contributed by atoms with E-state index in [0.29, 0.717) is 0 Å². The van der Waals surface area contributed by atoms with E-state index in [1.54, 1.807) is 0 Å². The average Bonchev–Trinajstić information content (AvgIpc) is 2.82. The van der Waals surface area contributed by atoms with Crippen LogP contribution in [0.15, 0.2) is 60.7 Å². The van der Waals surface area contributed by atoms with Crippen LogP contribution in [0, 0.1) is 0 Å². The van der Waals surface area contributed by atoms with Crippen LogP contribution >= 0.6 is 0 Å². The molecule has 0 amide bonds. The molecule has 0 aliphatic carbocycles. The van der Waals surface area contributed by atoms with Gasteiger partial charge in [-0.25, -0.2) is 0 Å². The zero-order chi connectivity index (χ0) is 23.8. The van der Waals surface area contributed by atoms with Gasteiger partial charge in [-0.05, 0) is 28.3 Å². The lowest BCUT2D eigenvalue weighted by atomic mass is 10.1. The minimum absolute atomic E-state index is 0.0585. The molecule has 0 saturated heterocycles. The summed E-state index contributed by atoms with van der Waals surface area (Å²) < 4.78 is 6.98. The topological polar surface area (TPSA) is 26.3 Å². The lowest BCUT2D eigenvalue weighted by molar-refractivity contribution is -0.107. The Bertz CT molecular complexity index is 712. The van der Waals surface area contributed by atoms with Gasteiger partial charge in [-0.2, -0.15) is 0 Å². The van der Waals surface area contributed by atoms with E-state index in [-0.39, 0.29) is 5.04 Å². The van der Waals surface area contributed by atoms with Crippen LogP contribution < -0.4 is 10.4 Å². The summed E-state index contributed by atoms with van der Waals surface area (Å²) in [4.78, 5) is 10.3. The quantitative estimate of drug-likeness (QED) is 0.137. The smallest absolute Gasteiger partial charge is 0.261 e. The summed E-state index contributed by atoms with van der Waals surface area (Å²) in [5.74, 6) is 0. The summed E-state index contributed by atoms with van der Waals surface area (Å²) in [5, 5.41) is 2.80. The third kappa shape index (κ3) is 8.86. The van der Waals surface area contributed by atoms with Gasteiger partial charge < -0.3 is 9.22 Å². The molecule has 0 aliphatic rings. The molecule has 2 nitrogen and oxygen atoms in total. The van der Waals surface area contributed by atoms with Crippen molar-refractivity contribution < 1.29 is 9.22 Å². The highest BCUT2D eigenvalue weighted by atomic mass is 28.4. The molecule has 0 aliphatic heterocycles. The maximum absolute atomic E-state index is 10.3. The summed E-state index contributed by atoms with van der Waals surface area (Å²) in [6, 6.07) is 21.9. The number of carbonyl (C=O) groups is 1. The standard InChI is InChI=1S/C30H46O2Si/c1-30(2,3)33(28-22-16-14-17-23-28,29-24-18-15-19-25-29)32-27-21-13-11-9-7-5-4-6-8-10-12-20-26-31/h14-19,22-26H,4-13,20-21,27H2,1-3H3. The predicted molar refractivity (Wildman–Crippen MR) is 145 cm³/mol. The fraction of sp³-hybridized carbons (Fsp3) is 0.567. The monoisotopic (exact) mass is 466 g/mol. The van der Waals surface area contributed by atoms with Crippen molar-refractivity contribution >= 4 is 25.0 Å². The van der Waals surface area contributed by atoms with E-state index in [4.69, 9.17) is 4.43 Å². The minimum Gasteiger partial charge on any atom is -0.407 e. The first kappa shape index (κ1) is 27.5. The van der Waals surface area contributed by atoms with E-state index < -0.39 is 8.32 Å². The van der Waals surface area contributed by atoms with Crippen LogP contribution in [0.3, 0.4) is 0 Å². The van der Waals surface area contributed by atoms with Crippen molar-refractivity contribution in [3.63, 3.8) is 0 Å². The molecule has 182 valence electrons. The van der Waals surface area contributed by atoms with E-state index in [1.165, 1.54) is 68.2 Å². The van der Waals surface area contributed by atoms with Crippen molar-refractivity contribution in [1.82, 2.24) is 0 Å². The van der Waals surface area contributed by atoms with E-state index in [9.17, 15) is 4.79 Å². The van der Waals surface area contributed by atoms with Gasteiger partial charge >= 0.3 is 0 Å². The summed E-state index contributed by atoms with van der Waals surface area (Å²) in [5.41, 5.74) is 0.